The molecule has 5 nitrogen and oxygen atoms in total. The summed E-state index contributed by atoms with van der Waals surface area (Å²) in [4.78, 5) is 26.0. The van der Waals surface area contributed by atoms with Crippen LogP contribution < -0.4 is 0 Å². The highest BCUT2D eigenvalue weighted by molar-refractivity contribution is 5.89. The van der Waals surface area contributed by atoms with Crippen LogP contribution >= 0.6 is 0 Å². The first-order valence-corrected chi connectivity index (χ1v) is 6.05. The summed E-state index contributed by atoms with van der Waals surface area (Å²) in [5.74, 6) is -2.26. The monoisotopic (exact) mass is 289 g/mol. The van der Waals surface area contributed by atoms with E-state index in [-0.39, 0.29) is 17.5 Å². The van der Waals surface area contributed by atoms with Gasteiger partial charge in [-0.25, -0.2) is 14.0 Å². The number of halogens is 1. The molecule has 0 spiro atoms. The van der Waals surface area contributed by atoms with Crippen molar-refractivity contribution in [2.45, 2.75) is 6.42 Å². The molecule has 1 aromatic carbocycles. The first kappa shape index (κ1) is 14.6. The Bertz CT molecular complexity index is 700. The highest BCUT2D eigenvalue weighted by Gasteiger charge is 2.11. The van der Waals surface area contributed by atoms with Crippen molar-refractivity contribution in [3.05, 3.63) is 64.7 Å². The van der Waals surface area contributed by atoms with Crippen molar-refractivity contribution in [3.8, 4) is 0 Å². The van der Waals surface area contributed by atoms with Crippen molar-refractivity contribution in [1.82, 2.24) is 4.98 Å². The van der Waals surface area contributed by atoms with Crippen LogP contribution in [-0.4, -0.2) is 29.1 Å². The van der Waals surface area contributed by atoms with Gasteiger partial charge >= 0.3 is 11.9 Å². The van der Waals surface area contributed by atoms with Crippen LogP contribution in [0.3, 0.4) is 0 Å². The van der Waals surface area contributed by atoms with E-state index in [9.17, 15) is 14.0 Å². The highest BCUT2D eigenvalue weighted by Crippen LogP contribution is 2.16. The molecule has 1 N–H and O–H groups in total. The van der Waals surface area contributed by atoms with Gasteiger partial charge in [0.25, 0.3) is 0 Å². The molecule has 2 aromatic rings. The molecule has 0 amide bonds. The van der Waals surface area contributed by atoms with E-state index >= 15 is 0 Å². The van der Waals surface area contributed by atoms with Gasteiger partial charge < -0.3 is 9.84 Å². The number of benzene rings is 1. The lowest BCUT2D eigenvalue weighted by atomic mass is 10.0. The van der Waals surface area contributed by atoms with Gasteiger partial charge in [0.2, 0.25) is 0 Å². The standard InChI is InChI=1S/C15H12FNO4/c1-21-15(20)11-3-2-10(13(16)6-11)4-9-5-12(14(18)19)8-17-7-9/h2-3,5-8H,4H2,1H3,(H,18,19). The average Bonchev–Trinajstić information content (AvgIpc) is 2.48. The number of esters is 1. The maximum Gasteiger partial charge on any atom is 0.337 e. The van der Waals surface area contributed by atoms with E-state index in [1.165, 1.54) is 37.7 Å². The summed E-state index contributed by atoms with van der Waals surface area (Å²) in [6, 6.07) is 5.45. The number of aromatic nitrogens is 1. The molecule has 1 aromatic heterocycles. The number of aromatic carboxylic acids is 1. The minimum atomic E-state index is -1.09. The molecule has 0 aliphatic carbocycles. The fourth-order valence-corrected chi connectivity index (χ4v) is 1.86. The van der Waals surface area contributed by atoms with E-state index in [4.69, 9.17) is 5.11 Å². The van der Waals surface area contributed by atoms with Gasteiger partial charge in [0.05, 0.1) is 18.2 Å². The molecule has 0 saturated carbocycles. The second-order valence-electron chi connectivity index (χ2n) is 4.36. The van der Waals surface area contributed by atoms with E-state index in [1.807, 2.05) is 0 Å². The topological polar surface area (TPSA) is 76.5 Å². The van der Waals surface area contributed by atoms with Gasteiger partial charge in [-0.1, -0.05) is 6.07 Å². The predicted octanol–water partition coefficient (Wildman–Crippen LogP) is 2.30. The highest BCUT2D eigenvalue weighted by atomic mass is 19.1. The van der Waals surface area contributed by atoms with Crippen molar-refractivity contribution in [2.24, 2.45) is 0 Å². The van der Waals surface area contributed by atoms with Crippen LogP contribution in [0.2, 0.25) is 0 Å². The van der Waals surface area contributed by atoms with Gasteiger partial charge in [-0.2, -0.15) is 0 Å². The maximum atomic E-state index is 13.9. The van der Waals surface area contributed by atoms with Crippen LogP contribution in [0.4, 0.5) is 4.39 Å². The Labute approximate surface area is 120 Å². The number of carboxylic acid groups (broad SMARTS) is 1. The van der Waals surface area contributed by atoms with E-state index < -0.39 is 17.8 Å². The third kappa shape index (κ3) is 3.42. The lowest BCUT2D eigenvalue weighted by molar-refractivity contribution is 0.0599. The predicted molar refractivity (Wildman–Crippen MR) is 71.7 cm³/mol. The molecule has 0 bridgehead atoms. The second-order valence-corrected chi connectivity index (χ2v) is 4.36. The summed E-state index contributed by atoms with van der Waals surface area (Å²) in [7, 11) is 1.22. The molecule has 0 saturated heterocycles. The molecule has 21 heavy (non-hydrogen) atoms. The Morgan fingerprint density at radius 3 is 2.62 bits per heavy atom. The van der Waals surface area contributed by atoms with Crippen molar-refractivity contribution >= 4 is 11.9 Å². The molecule has 0 atom stereocenters. The molecule has 0 aliphatic heterocycles. The van der Waals surface area contributed by atoms with E-state index in [2.05, 4.69) is 9.72 Å². The van der Waals surface area contributed by atoms with Crippen LogP contribution in [0.1, 0.15) is 31.8 Å². The van der Waals surface area contributed by atoms with Gasteiger partial charge in [-0.05, 0) is 29.3 Å². The first-order chi connectivity index (χ1) is 10.0. The van der Waals surface area contributed by atoms with Gasteiger partial charge in [0.1, 0.15) is 5.82 Å². The molecule has 0 aliphatic rings. The molecule has 0 fully saturated rings. The van der Waals surface area contributed by atoms with E-state index in [0.717, 1.165) is 6.07 Å². The van der Waals surface area contributed by atoms with Crippen LogP contribution in [-0.2, 0) is 11.2 Å². The molecular weight excluding hydrogens is 277 g/mol. The number of pyridine rings is 1. The van der Waals surface area contributed by atoms with E-state index in [0.29, 0.717) is 11.1 Å². The number of ether oxygens (including phenoxy) is 1. The molecule has 108 valence electrons. The number of carbonyl (C=O) groups is 2. The maximum absolute atomic E-state index is 13.9. The largest absolute Gasteiger partial charge is 0.478 e. The summed E-state index contributed by atoms with van der Waals surface area (Å²) in [6.45, 7) is 0. The lowest BCUT2D eigenvalue weighted by Gasteiger charge is -2.06. The minimum absolute atomic E-state index is 0.0408. The Morgan fingerprint density at radius 1 is 1.24 bits per heavy atom. The Balaban J connectivity index is 2.26. The Morgan fingerprint density at radius 2 is 2.00 bits per heavy atom. The SMILES string of the molecule is COC(=O)c1ccc(Cc2cncc(C(=O)O)c2)c(F)c1. The lowest BCUT2D eigenvalue weighted by Crippen LogP contribution is -2.04. The summed E-state index contributed by atoms with van der Waals surface area (Å²) in [5, 5.41) is 8.89. The summed E-state index contributed by atoms with van der Waals surface area (Å²) >= 11 is 0. The molecule has 0 radical (unpaired) electrons. The number of rotatable bonds is 4. The molecule has 2 rings (SSSR count). The number of hydrogen-bond donors (Lipinski definition) is 1. The zero-order valence-electron chi connectivity index (χ0n) is 11.2. The Hall–Kier alpha value is -2.76. The van der Waals surface area contributed by atoms with Gasteiger partial charge in [0.15, 0.2) is 0 Å². The zero-order chi connectivity index (χ0) is 15.4. The average molecular weight is 289 g/mol. The normalized spacial score (nSPS) is 10.2. The molecule has 6 heteroatoms. The van der Waals surface area contributed by atoms with E-state index in [1.54, 1.807) is 0 Å². The fourth-order valence-electron chi connectivity index (χ4n) is 1.86. The number of carbonyl (C=O) groups excluding carboxylic acids is 1. The fraction of sp³-hybridized carbons (Fsp3) is 0.133. The van der Waals surface area contributed by atoms with Crippen molar-refractivity contribution < 1.29 is 23.8 Å². The number of carboxylic acids is 1. The quantitative estimate of drug-likeness (QED) is 0.874. The van der Waals surface area contributed by atoms with Gasteiger partial charge in [-0.3, -0.25) is 4.98 Å². The zero-order valence-corrected chi connectivity index (χ0v) is 11.2. The first-order valence-electron chi connectivity index (χ1n) is 6.05. The van der Waals surface area contributed by atoms with Crippen molar-refractivity contribution in [3.63, 3.8) is 0 Å². The summed E-state index contributed by atoms with van der Waals surface area (Å²) < 4.78 is 18.5. The van der Waals surface area contributed by atoms with Crippen molar-refractivity contribution in [2.75, 3.05) is 7.11 Å². The van der Waals surface area contributed by atoms with Crippen LogP contribution in [0.5, 0.6) is 0 Å². The molecule has 1 heterocycles. The van der Waals surface area contributed by atoms with Crippen LogP contribution in [0, 0.1) is 5.82 Å². The summed E-state index contributed by atoms with van der Waals surface area (Å²) in [6.07, 6.45) is 2.88. The van der Waals surface area contributed by atoms with Crippen LogP contribution in [0.25, 0.3) is 0 Å². The van der Waals surface area contributed by atoms with Gasteiger partial charge in [-0.15, -0.1) is 0 Å². The minimum Gasteiger partial charge on any atom is -0.478 e. The van der Waals surface area contributed by atoms with Crippen molar-refractivity contribution in [1.29, 1.82) is 0 Å². The molecular formula is C15H12FNO4. The Kier molecular flexibility index (Phi) is 4.27. The van der Waals surface area contributed by atoms with Crippen LogP contribution in [0.15, 0.2) is 36.7 Å². The number of methoxy groups -OCH3 is 1. The third-order valence-electron chi connectivity index (χ3n) is 2.91. The number of nitrogens with zero attached hydrogens (tertiary/aromatic N) is 1. The third-order valence-corrected chi connectivity index (χ3v) is 2.91. The number of hydrogen-bond acceptors (Lipinski definition) is 4. The summed E-state index contributed by atoms with van der Waals surface area (Å²) in [5.41, 5.74) is 1.07. The second kappa shape index (κ2) is 6.13. The van der Waals surface area contributed by atoms with Gasteiger partial charge in [0, 0.05) is 18.8 Å². The molecule has 0 unspecified atom stereocenters. The smallest absolute Gasteiger partial charge is 0.337 e.